The van der Waals surface area contributed by atoms with E-state index >= 15 is 0 Å². The molecule has 0 aliphatic rings. The maximum Gasteiger partial charge on any atom is 0.266 e. The maximum atomic E-state index is 12.8. The highest BCUT2D eigenvalue weighted by atomic mass is 19.1. The average Bonchev–Trinajstić information content (AvgIpc) is 2.72. The molecule has 0 bridgehead atoms. The second kappa shape index (κ2) is 9.45. The summed E-state index contributed by atoms with van der Waals surface area (Å²) in [5.74, 6) is -0.232. The predicted octanol–water partition coefficient (Wildman–Crippen LogP) is 2.63. The third kappa shape index (κ3) is 5.51. The van der Waals surface area contributed by atoms with Crippen LogP contribution in [0.4, 0.5) is 4.39 Å². The third-order valence-electron chi connectivity index (χ3n) is 3.99. The number of nitrogens with one attached hydrogen (secondary N) is 1. The van der Waals surface area contributed by atoms with Gasteiger partial charge in [-0.25, -0.2) is 9.07 Å². The van der Waals surface area contributed by atoms with E-state index in [0.717, 1.165) is 11.3 Å². The van der Waals surface area contributed by atoms with Crippen LogP contribution in [0, 0.1) is 5.82 Å². The summed E-state index contributed by atoms with van der Waals surface area (Å²) in [5, 5.41) is 7.10. The predicted molar refractivity (Wildman–Crippen MR) is 103 cm³/mol. The molecular weight excluding hydrogens is 361 g/mol. The van der Waals surface area contributed by atoms with Crippen molar-refractivity contribution in [3.63, 3.8) is 0 Å². The van der Waals surface area contributed by atoms with Crippen LogP contribution in [0.25, 0.3) is 11.3 Å². The van der Waals surface area contributed by atoms with E-state index < -0.39 is 0 Å². The molecule has 144 valence electrons. The lowest BCUT2D eigenvalue weighted by molar-refractivity contribution is -0.123. The summed E-state index contributed by atoms with van der Waals surface area (Å²) < 4.78 is 19.5. The standard InChI is InChI=1S/C21H20FN3O3/c22-17-7-9-18(10-8-17)28-15-20(26)23-13-4-14-25-21(27)12-11-19(24-25)16-5-2-1-3-6-16/h1-3,5-12H,4,13-15H2,(H,23,26). The van der Waals surface area contributed by atoms with Gasteiger partial charge in [-0.15, -0.1) is 0 Å². The summed E-state index contributed by atoms with van der Waals surface area (Å²) in [6.45, 7) is 0.612. The van der Waals surface area contributed by atoms with Gasteiger partial charge in [-0.2, -0.15) is 5.10 Å². The number of carbonyl (C=O) groups excluding carboxylic acids is 1. The quantitative estimate of drug-likeness (QED) is 0.609. The number of hydrogen-bond acceptors (Lipinski definition) is 4. The van der Waals surface area contributed by atoms with Crippen molar-refractivity contribution in [3.8, 4) is 17.0 Å². The molecule has 28 heavy (non-hydrogen) atoms. The molecule has 3 aromatic rings. The van der Waals surface area contributed by atoms with Gasteiger partial charge in [-0.3, -0.25) is 9.59 Å². The summed E-state index contributed by atoms with van der Waals surface area (Å²) in [7, 11) is 0. The number of aromatic nitrogens is 2. The van der Waals surface area contributed by atoms with Crippen molar-refractivity contribution in [2.75, 3.05) is 13.2 Å². The zero-order valence-electron chi connectivity index (χ0n) is 15.2. The van der Waals surface area contributed by atoms with E-state index in [1.807, 2.05) is 30.3 Å². The Kier molecular flexibility index (Phi) is 6.51. The van der Waals surface area contributed by atoms with Crippen molar-refractivity contribution >= 4 is 5.91 Å². The van der Waals surface area contributed by atoms with Crippen molar-refractivity contribution in [3.05, 3.63) is 82.9 Å². The fourth-order valence-electron chi connectivity index (χ4n) is 2.56. The Morgan fingerprint density at radius 2 is 1.79 bits per heavy atom. The van der Waals surface area contributed by atoms with Gasteiger partial charge in [0.1, 0.15) is 11.6 Å². The Balaban J connectivity index is 1.45. The lowest BCUT2D eigenvalue weighted by Gasteiger charge is -2.09. The van der Waals surface area contributed by atoms with Crippen LogP contribution in [0.1, 0.15) is 6.42 Å². The molecule has 0 saturated carbocycles. The molecule has 0 atom stereocenters. The van der Waals surface area contributed by atoms with Gasteiger partial charge < -0.3 is 10.1 Å². The molecule has 1 N–H and O–H groups in total. The van der Waals surface area contributed by atoms with Crippen LogP contribution in [0.5, 0.6) is 5.75 Å². The van der Waals surface area contributed by atoms with Gasteiger partial charge in [-0.05, 0) is 36.8 Å². The number of rotatable bonds is 8. The molecule has 1 aromatic heterocycles. The molecule has 6 nitrogen and oxygen atoms in total. The summed E-state index contributed by atoms with van der Waals surface area (Å²) in [4.78, 5) is 23.8. The molecular formula is C21H20FN3O3. The molecule has 7 heteroatoms. The molecule has 0 spiro atoms. The van der Waals surface area contributed by atoms with Crippen molar-refractivity contribution in [2.45, 2.75) is 13.0 Å². The van der Waals surface area contributed by atoms with E-state index in [2.05, 4.69) is 10.4 Å². The molecule has 0 saturated heterocycles. The van der Waals surface area contributed by atoms with Crippen LogP contribution >= 0.6 is 0 Å². The molecule has 0 radical (unpaired) electrons. The average molecular weight is 381 g/mol. The van der Waals surface area contributed by atoms with E-state index in [4.69, 9.17) is 4.74 Å². The van der Waals surface area contributed by atoms with Gasteiger partial charge in [-0.1, -0.05) is 30.3 Å². The first kappa shape index (κ1) is 19.3. The monoisotopic (exact) mass is 381 g/mol. The third-order valence-corrected chi connectivity index (χ3v) is 3.99. The van der Waals surface area contributed by atoms with Gasteiger partial charge in [0.15, 0.2) is 6.61 Å². The Morgan fingerprint density at radius 3 is 2.54 bits per heavy atom. The lowest BCUT2D eigenvalue weighted by atomic mass is 10.1. The molecule has 1 heterocycles. The first-order valence-electron chi connectivity index (χ1n) is 8.90. The topological polar surface area (TPSA) is 73.2 Å². The number of amides is 1. The minimum Gasteiger partial charge on any atom is -0.484 e. The molecule has 3 rings (SSSR count). The van der Waals surface area contributed by atoms with Crippen LogP contribution in [0.15, 0.2) is 71.5 Å². The highest BCUT2D eigenvalue weighted by molar-refractivity contribution is 5.77. The van der Waals surface area contributed by atoms with Crippen molar-refractivity contribution < 1.29 is 13.9 Å². The summed E-state index contributed by atoms with van der Waals surface area (Å²) >= 11 is 0. The van der Waals surface area contributed by atoms with Crippen molar-refractivity contribution in [1.29, 1.82) is 0 Å². The Hall–Kier alpha value is -3.48. The summed E-state index contributed by atoms with van der Waals surface area (Å²) in [6, 6.07) is 18.2. The van der Waals surface area contributed by atoms with Crippen LogP contribution in [0.3, 0.4) is 0 Å². The largest absolute Gasteiger partial charge is 0.484 e. The molecule has 1 amide bonds. The van der Waals surface area contributed by atoms with Crippen LogP contribution in [0.2, 0.25) is 0 Å². The molecule has 0 fully saturated rings. The zero-order chi connectivity index (χ0) is 19.8. The number of halogens is 1. The van der Waals surface area contributed by atoms with Crippen LogP contribution in [-0.4, -0.2) is 28.8 Å². The number of carbonyl (C=O) groups is 1. The molecule has 2 aromatic carbocycles. The van der Waals surface area contributed by atoms with E-state index in [1.54, 1.807) is 6.07 Å². The molecule has 0 aliphatic carbocycles. The minimum atomic E-state index is -0.364. The van der Waals surface area contributed by atoms with Crippen LogP contribution < -0.4 is 15.6 Å². The van der Waals surface area contributed by atoms with Crippen LogP contribution in [-0.2, 0) is 11.3 Å². The second-order valence-corrected chi connectivity index (χ2v) is 6.09. The van der Waals surface area contributed by atoms with Gasteiger partial charge >= 0.3 is 0 Å². The van der Waals surface area contributed by atoms with Gasteiger partial charge in [0.2, 0.25) is 0 Å². The smallest absolute Gasteiger partial charge is 0.266 e. The van der Waals surface area contributed by atoms with E-state index in [9.17, 15) is 14.0 Å². The number of benzene rings is 2. The zero-order valence-corrected chi connectivity index (χ0v) is 15.2. The molecule has 0 aliphatic heterocycles. The fraction of sp³-hybridized carbons (Fsp3) is 0.190. The van der Waals surface area contributed by atoms with E-state index in [1.165, 1.54) is 35.0 Å². The summed E-state index contributed by atoms with van der Waals surface area (Å²) in [6.07, 6.45) is 0.549. The Bertz CT molecular complexity index is 972. The highest BCUT2D eigenvalue weighted by Crippen LogP contribution is 2.14. The minimum absolute atomic E-state index is 0.159. The first-order valence-corrected chi connectivity index (χ1v) is 8.90. The maximum absolute atomic E-state index is 12.8. The van der Waals surface area contributed by atoms with Gasteiger partial charge in [0.25, 0.3) is 11.5 Å². The Morgan fingerprint density at radius 1 is 1.04 bits per heavy atom. The lowest BCUT2D eigenvalue weighted by Crippen LogP contribution is -2.31. The first-order chi connectivity index (χ1) is 13.6. The number of nitrogens with zero attached hydrogens (tertiary/aromatic N) is 2. The van der Waals surface area contributed by atoms with Crippen molar-refractivity contribution in [1.82, 2.24) is 15.1 Å². The SMILES string of the molecule is O=C(COc1ccc(F)cc1)NCCCn1nc(-c2ccccc2)ccc1=O. The van der Waals surface area contributed by atoms with E-state index in [0.29, 0.717) is 25.3 Å². The number of hydrogen-bond donors (Lipinski definition) is 1. The van der Waals surface area contributed by atoms with E-state index in [-0.39, 0.29) is 23.9 Å². The van der Waals surface area contributed by atoms with Gasteiger partial charge in [0.05, 0.1) is 5.69 Å². The summed E-state index contributed by atoms with van der Waals surface area (Å²) in [5.41, 5.74) is 1.46. The van der Waals surface area contributed by atoms with Gasteiger partial charge in [0, 0.05) is 24.7 Å². The number of ether oxygens (including phenoxy) is 1. The highest BCUT2D eigenvalue weighted by Gasteiger charge is 2.05. The normalized spacial score (nSPS) is 10.5. The van der Waals surface area contributed by atoms with Crippen molar-refractivity contribution in [2.24, 2.45) is 0 Å². The fourth-order valence-corrected chi connectivity index (χ4v) is 2.56. The molecule has 0 unspecified atom stereocenters. The number of aryl methyl sites for hydroxylation is 1. The Labute approximate surface area is 161 Å². The second-order valence-electron chi connectivity index (χ2n) is 6.09.